The Morgan fingerprint density at radius 2 is 1.67 bits per heavy atom. The summed E-state index contributed by atoms with van der Waals surface area (Å²) < 4.78 is 5.06. The van der Waals surface area contributed by atoms with Crippen molar-refractivity contribution in [1.29, 1.82) is 0 Å². The summed E-state index contributed by atoms with van der Waals surface area (Å²) in [6, 6.07) is 0. The predicted molar refractivity (Wildman–Crippen MR) is 80.8 cm³/mol. The number of likely N-dealkylation sites (tertiary alicyclic amines) is 2. The monoisotopic (exact) mass is 296 g/mol. The highest BCUT2D eigenvalue weighted by atomic mass is 16.5. The molecule has 0 aromatic rings. The van der Waals surface area contributed by atoms with Gasteiger partial charge in [0.25, 0.3) is 0 Å². The smallest absolute Gasteiger partial charge is 0.309 e. The maximum absolute atomic E-state index is 12.3. The third kappa shape index (κ3) is 4.70. The highest BCUT2D eigenvalue weighted by Gasteiger charge is 2.29. The van der Waals surface area contributed by atoms with Crippen molar-refractivity contribution in [2.24, 2.45) is 11.8 Å². The predicted octanol–water partition coefficient (Wildman–Crippen LogP) is 1.52. The fraction of sp³-hybridized carbons (Fsp3) is 0.875. The van der Waals surface area contributed by atoms with Gasteiger partial charge in [-0.05, 0) is 58.7 Å². The summed E-state index contributed by atoms with van der Waals surface area (Å²) in [6.45, 7) is 5.88. The molecule has 0 spiro atoms. The van der Waals surface area contributed by atoms with Gasteiger partial charge in [-0.2, -0.15) is 0 Å². The average Bonchev–Trinajstić information content (AvgIpc) is 2.50. The molecule has 2 rings (SSSR count). The molecule has 5 nitrogen and oxygen atoms in total. The molecule has 0 aliphatic carbocycles. The number of ether oxygens (including phenoxy) is 1. The number of carbonyl (C=O) groups excluding carboxylic acids is 2. The van der Waals surface area contributed by atoms with Crippen LogP contribution >= 0.6 is 0 Å². The minimum Gasteiger partial charge on any atom is -0.466 e. The summed E-state index contributed by atoms with van der Waals surface area (Å²) in [6.07, 6.45) is 4.43. The average molecular weight is 296 g/mol. The molecule has 5 heteroatoms. The van der Waals surface area contributed by atoms with E-state index < -0.39 is 0 Å². The molecular formula is C16H28N2O3. The van der Waals surface area contributed by atoms with Crippen molar-refractivity contribution >= 4 is 11.9 Å². The van der Waals surface area contributed by atoms with Crippen LogP contribution in [0, 0.1) is 11.8 Å². The van der Waals surface area contributed by atoms with Gasteiger partial charge in [0.15, 0.2) is 0 Å². The molecule has 120 valence electrons. The van der Waals surface area contributed by atoms with E-state index in [1.165, 1.54) is 0 Å². The maximum atomic E-state index is 12.3. The zero-order chi connectivity index (χ0) is 15.2. The molecule has 2 fully saturated rings. The molecule has 2 aliphatic heterocycles. The number of hydrogen-bond acceptors (Lipinski definition) is 4. The zero-order valence-electron chi connectivity index (χ0n) is 13.3. The SMILES string of the molecule is CCOC(=O)C1CCN(C(=O)CC2CCN(C)CC2)CC1. The zero-order valence-corrected chi connectivity index (χ0v) is 13.3. The Morgan fingerprint density at radius 3 is 2.24 bits per heavy atom. The van der Waals surface area contributed by atoms with E-state index in [1.807, 2.05) is 11.8 Å². The van der Waals surface area contributed by atoms with Crippen molar-refractivity contribution in [3.63, 3.8) is 0 Å². The van der Waals surface area contributed by atoms with E-state index in [2.05, 4.69) is 11.9 Å². The van der Waals surface area contributed by atoms with Crippen molar-refractivity contribution in [2.45, 2.75) is 39.0 Å². The molecule has 0 aromatic heterocycles. The van der Waals surface area contributed by atoms with E-state index in [0.29, 0.717) is 32.0 Å². The number of rotatable bonds is 4. The molecule has 2 heterocycles. The summed E-state index contributed by atoms with van der Waals surface area (Å²) >= 11 is 0. The number of nitrogens with zero attached hydrogens (tertiary/aromatic N) is 2. The summed E-state index contributed by atoms with van der Waals surface area (Å²) in [7, 11) is 2.14. The topological polar surface area (TPSA) is 49.9 Å². The van der Waals surface area contributed by atoms with Crippen LogP contribution in [0.2, 0.25) is 0 Å². The number of hydrogen-bond donors (Lipinski definition) is 0. The summed E-state index contributed by atoms with van der Waals surface area (Å²) in [4.78, 5) is 28.3. The molecule has 0 N–H and O–H groups in total. The lowest BCUT2D eigenvalue weighted by atomic mass is 9.92. The van der Waals surface area contributed by atoms with Gasteiger partial charge in [0.05, 0.1) is 12.5 Å². The van der Waals surface area contributed by atoms with Crippen molar-refractivity contribution in [1.82, 2.24) is 9.80 Å². The number of esters is 1. The van der Waals surface area contributed by atoms with Crippen molar-refractivity contribution in [3.05, 3.63) is 0 Å². The third-order valence-electron chi connectivity index (χ3n) is 4.77. The summed E-state index contributed by atoms with van der Waals surface area (Å²) in [5.74, 6) is 0.695. The molecule has 0 atom stereocenters. The first-order valence-electron chi connectivity index (χ1n) is 8.23. The summed E-state index contributed by atoms with van der Waals surface area (Å²) in [5, 5.41) is 0. The van der Waals surface area contributed by atoms with Crippen LogP contribution in [0.4, 0.5) is 0 Å². The van der Waals surface area contributed by atoms with Crippen LogP contribution in [0.3, 0.4) is 0 Å². The summed E-state index contributed by atoms with van der Waals surface area (Å²) in [5.41, 5.74) is 0. The Bertz CT molecular complexity index is 357. The van der Waals surface area contributed by atoms with E-state index >= 15 is 0 Å². The molecule has 0 aromatic carbocycles. The largest absolute Gasteiger partial charge is 0.466 e. The lowest BCUT2D eigenvalue weighted by molar-refractivity contribution is -0.151. The Hall–Kier alpha value is -1.10. The normalized spacial score (nSPS) is 22.3. The number of piperidine rings is 2. The van der Waals surface area contributed by atoms with Gasteiger partial charge in [-0.25, -0.2) is 0 Å². The Morgan fingerprint density at radius 1 is 1.05 bits per heavy atom. The lowest BCUT2D eigenvalue weighted by Gasteiger charge is -2.33. The highest BCUT2D eigenvalue weighted by Crippen LogP contribution is 2.23. The minimum atomic E-state index is -0.0973. The lowest BCUT2D eigenvalue weighted by Crippen LogP contribution is -2.42. The first kappa shape index (κ1) is 16.3. The van der Waals surface area contributed by atoms with Crippen LogP contribution in [0.1, 0.15) is 39.0 Å². The molecule has 1 amide bonds. The molecule has 0 bridgehead atoms. The Kier molecular flexibility index (Phi) is 6.03. The van der Waals surface area contributed by atoms with Crippen LogP contribution in [-0.2, 0) is 14.3 Å². The molecule has 21 heavy (non-hydrogen) atoms. The molecule has 0 unspecified atom stereocenters. The Balaban J connectivity index is 1.71. The molecular weight excluding hydrogens is 268 g/mol. The van der Waals surface area contributed by atoms with Crippen LogP contribution in [0.15, 0.2) is 0 Å². The second-order valence-electron chi connectivity index (χ2n) is 6.36. The quantitative estimate of drug-likeness (QED) is 0.738. The van der Waals surface area contributed by atoms with E-state index in [1.54, 1.807) is 0 Å². The van der Waals surface area contributed by atoms with Gasteiger partial charge in [-0.3, -0.25) is 9.59 Å². The number of carbonyl (C=O) groups is 2. The van der Waals surface area contributed by atoms with Crippen LogP contribution in [-0.4, -0.2) is 61.5 Å². The minimum absolute atomic E-state index is 0.0164. The van der Waals surface area contributed by atoms with Gasteiger partial charge in [0.2, 0.25) is 5.91 Å². The van der Waals surface area contributed by atoms with Crippen molar-refractivity contribution in [2.75, 3.05) is 39.8 Å². The first-order valence-corrected chi connectivity index (χ1v) is 8.23. The van der Waals surface area contributed by atoms with E-state index in [0.717, 1.165) is 38.8 Å². The molecule has 0 radical (unpaired) electrons. The van der Waals surface area contributed by atoms with Gasteiger partial charge in [-0.1, -0.05) is 0 Å². The fourth-order valence-corrected chi connectivity index (χ4v) is 3.27. The van der Waals surface area contributed by atoms with Gasteiger partial charge >= 0.3 is 5.97 Å². The first-order chi connectivity index (χ1) is 10.1. The van der Waals surface area contributed by atoms with Crippen molar-refractivity contribution in [3.8, 4) is 0 Å². The second-order valence-corrected chi connectivity index (χ2v) is 6.36. The van der Waals surface area contributed by atoms with Crippen LogP contribution in [0.5, 0.6) is 0 Å². The van der Waals surface area contributed by atoms with E-state index in [9.17, 15) is 9.59 Å². The Labute approximate surface area is 127 Å². The number of amides is 1. The highest BCUT2D eigenvalue weighted by molar-refractivity contribution is 5.77. The molecule has 2 saturated heterocycles. The van der Waals surface area contributed by atoms with E-state index in [4.69, 9.17) is 4.74 Å². The molecule has 0 saturated carbocycles. The van der Waals surface area contributed by atoms with Crippen LogP contribution < -0.4 is 0 Å². The third-order valence-corrected chi connectivity index (χ3v) is 4.77. The second kappa shape index (κ2) is 7.78. The van der Waals surface area contributed by atoms with Gasteiger partial charge in [0, 0.05) is 19.5 Å². The van der Waals surface area contributed by atoms with Gasteiger partial charge < -0.3 is 14.5 Å². The fourth-order valence-electron chi connectivity index (χ4n) is 3.27. The van der Waals surface area contributed by atoms with E-state index in [-0.39, 0.29) is 17.8 Å². The maximum Gasteiger partial charge on any atom is 0.309 e. The molecule has 2 aliphatic rings. The van der Waals surface area contributed by atoms with Crippen LogP contribution in [0.25, 0.3) is 0 Å². The van der Waals surface area contributed by atoms with Gasteiger partial charge in [-0.15, -0.1) is 0 Å². The van der Waals surface area contributed by atoms with Crippen molar-refractivity contribution < 1.29 is 14.3 Å². The van der Waals surface area contributed by atoms with Gasteiger partial charge in [0.1, 0.15) is 0 Å². The standard InChI is InChI=1S/C16H28N2O3/c1-3-21-16(20)14-6-10-18(11-7-14)15(19)12-13-4-8-17(2)9-5-13/h13-14H,3-12H2,1-2H3.